The Morgan fingerprint density at radius 1 is 1.32 bits per heavy atom. The zero-order valence-corrected chi connectivity index (χ0v) is 12.3. The summed E-state index contributed by atoms with van der Waals surface area (Å²) in [6.45, 7) is 1.70. The van der Waals surface area contributed by atoms with Crippen LogP contribution in [0.5, 0.6) is 0 Å². The quantitative estimate of drug-likeness (QED) is 0.492. The number of non-ortho nitro benzene ring substituents is 1. The predicted molar refractivity (Wildman–Crippen MR) is 81.9 cm³/mol. The number of nitrogens with zero attached hydrogens (tertiary/aromatic N) is 2. The van der Waals surface area contributed by atoms with Gasteiger partial charge in [-0.05, 0) is 25.1 Å². The summed E-state index contributed by atoms with van der Waals surface area (Å²) in [6, 6.07) is 8.61. The normalized spacial score (nSPS) is 11.7. The molecule has 0 aliphatic carbocycles. The largest absolute Gasteiger partial charge is 0.308 e. The van der Waals surface area contributed by atoms with Crippen LogP contribution in [0.25, 0.3) is 0 Å². The van der Waals surface area contributed by atoms with E-state index >= 15 is 0 Å². The molecular weight excluding hydrogens is 308 g/mol. The number of hydrogen-bond donors (Lipinski definition) is 2. The van der Waals surface area contributed by atoms with Gasteiger partial charge >= 0.3 is 0 Å². The summed E-state index contributed by atoms with van der Waals surface area (Å²) in [7, 11) is 0. The smallest absolute Gasteiger partial charge is 0.269 e. The topological polar surface area (TPSA) is 118 Å². The molecule has 0 saturated heterocycles. The zero-order valence-electron chi connectivity index (χ0n) is 11.5. The Bertz CT molecular complexity index is 724. The molecule has 9 heteroatoms. The van der Waals surface area contributed by atoms with Crippen LogP contribution in [0.4, 0.5) is 11.5 Å². The van der Waals surface area contributed by atoms with E-state index in [0.29, 0.717) is 0 Å². The van der Waals surface area contributed by atoms with Gasteiger partial charge in [-0.2, -0.15) is 5.10 Å². The van der Waals surface area contributed by atoms with Gasteiger partial charge in [-0.1, -0.05) is 0 Å². The summed E-state index contributed by atoms with van der Waals surface area (Å²) >= 11 is 1.26. The van der Waals surface area contributed by atoms with Gasteiger partial charge in [0.15, 0.2) is 5.82 Å². The van der Waals surface area contributed by atoms with Crippen LogP contribution < -0.4 is 10.9 Å². The molecule has 1 aromatic carbocycles. The summed E-state index contributed by atoms with van der Waals surface area (Å²) in [5.74, 6) is -0.0383. The molecule has 0 aliphatic heterocycles. The number of nitro groups is 1. The number of hydrogen-bond acceptors (Lipinski definition) is 6. The van der Waals surface area contributed by atoms with Crippen molar-refractivity contribution in [2.45, 2.75) is 17.1 Å². The van der Waals surface area contributed by atoms with Crippen LogP contribution in [0.15, 0.2) is 46.1 Å². The zero-order chi connectivity index (χ0) is 16.1. The molecule has 114 valence electrons. The van der Waals surface area contributed by atoms with Crippen LogP contribution in [0.1, 0.15) is 6.92 Å². The van der Waals surface area contributed by atoms with Crippen LogP contribution in [-0.4, -0.2) is 26.3 Å². The molecule has 1 amide bonds. The summed E-state index contributed by atoms with van der Waals surface area (Å²) < 4.78 is 0. The Balaban J connectivity index is 1.97. The van der Waals surface area contributed by atoms with E-state index in [-0.39, 0.29) is 23.0 Å². The molecule has 22 heavy (non-hydrogen) atoms. The Kier molecular flexibility index (Phi) is 4.89. The highest BCUT2D eigenvalue weighted by Crippen LogP contribution is 2.25. The number of carbonyl (C=O) groups excluding carboxylic acids is 1. The van der Waals surface area contributed by atoms with Crippen molar-refractivity contribution < 1.29 is 9.72 Å². The lowest BCUT2D eigenvalue weighted by Crippen LogP contribution is -2.23. The molecule has 2 rings (SSSR count). The fourth-order valence-electron chi connectivity index (χ4n) is 1.55. The van der Waals surface area contributed by atoms with E-state index < -0.39 is 10.2 Å². The average molecular weight is 320 g/mol. The fourth-order valence-corrected chi connectivity index (χ4v) is 2.41. The van der Waals surface area contributed by atoms with Crippen LogP contribution in [0.2, 0.25) is 0 Å². The summed E-state index contributed by atoms with van der Waals surface area (Å²) in [6.07, 6.45) is 0. The number of carbonyl (C=O) groups is 1. The first-order chi connectivity index (χ1) is 10.5. The minimum atomic E-state index is -0.480. The van der Waals surface area contributed by atoms with Gasteiger partial charge in [0.2, 0.25) is 5.91 Å². The highest BCUT2D eigenvalue weighted by molar-refractivity contribution is 8.00. The van der Waals surface area contributed by atoms with Crippen molar-refractivity contribution >= 4 is 29.2 Å². The van der Waals surface area contributed by atoms with Gasteiger partial charge in [-0.15, -0.1) is 11.8 Å². The molecule has 2 aromatic rings. The van der Waals surface area contributed by atoms with Crippen molar-refractivity contribution in [3.63, 3.8) is 0 Å². The Hall–Kier alpha value is -2.68. The van der Waals surface area contributed by atoms with Gasteiger partial charge in [0.05, 0.1) is 10.2 Å². The predicted octanol–water partition coefficient (Wildman–Crippen LogP) is 1.80. The third-order valence-corrected chi connectivity index (χ3v) is 3.77. The molecule has 0 fully saturated rings. The number of nitrogens with one attached hydrogen (secondary N) is 2. The molecule has 0 saturated carbocycles. The molecule has 1 aromatic heterocycles. The third-order valence-electron chi connectivity index (χ3n) is 2.66. The number of nitro benzene ring substituents is 1. The van der Waals surface area contributed by atoms with E-state index in [9.17, 15) is 19.7 Å². The maximum atomic E-state index is 12.0. The third kappa shape index (κ3) is 4.16. The van der Waals surface area contributed by atoms with Gasteiger partial charge in [0, 0.05) is 23.1 Å². The molecule has 1 atom stereocenters. The number of rotatable bonds is 5. The number of aromatic nitrogens is 2. The monoisotopic (exact) mass is 320 g/mol. The molecule has 0 bridgehead atoms. The van der Waals surface area contributed by atoms with Crippen LogP contribution >= 0.6 is 11.8 Å². The number of anilines is 1. The van der Waals surface area contributed by atoms with Gasteiger partial charge in [0.25, 0.3) is 11.2 Å². The summed E-state index contributed by atoms with van der Waals surface area (Å²) in [4.78, 5) is 33.7. The lowest BCUT2D eigenvalue weighted by molar-refractivity contribution is -0.384. The van der Waals surface area contributed by atoms with E-state index in [1.165, 1.54) is 36.0 Å². The Labute approximate surface area is 129 Å². The summed E-state index contributed by atoms with van der Waals surface area (Å²) in [5, 5.41) is 18.6. The highest BCUT2D eigenvalue weighted by Gasteiger charge is 2.15. The molecule has 8 nitrogen and oxygen atoms in total. The van der Waals surface area contributed by atoms with E-state index in [0.717, 1.165) is 4.90 Å². The van der Waals surface area contributed by atoms with Gasteiger partial charge in [0.1, 0.15) is 0 Å². The van der Waals surface area contributed by atoms with Gasteiger partial charge in [-0.25, -0.2) is 5.10 Å². The molecule has 0 radical (unpaired) electrons. The van der Waals surface area contributed by atoms with Crippen molar-refractivity contribution in [1.29, 1.82) is 0 Å². The minimum Gasteiger partial charge on any atom is -0.308 e. The van der Waals surface area contributed by atoms with E-state index in [1.807, 2.05) is 0 Å². The average Bonchev–Trinajstić information content (AvgIpc) is 2.50. The molecule has 0 aliphatic rings. The molecule has 1 heterocycles. The highest BCUT2D eigenvalue weighted by atomic mass is 32.2. The molecular formula is C13H12N4O4S. The number of H-pyrrole nitrogens is 1. The van der Waals surface area contributed by atoms with Crippen molar-refractivity contribution in [3.8, 4) is 0 Å². The van der Waals surface area contributed by atoms with E-state index in [1.54, 1.807) is 19.1 Å². The van der Waals surface area contributed by atoms with Gasteiger partial charge < -0.3 is 5.32 Å². The number of amides is 1. The second-order valence-electron chi connectivity index (χ2n) is 4.31. The maximum Gasteiger partial charge on any atom is 0.269 e. The molecule has 0 spiro atoms. The maximum absolute atomic E-state index is 12.0. The van der Waals surface area contributed by atoms with Crippen molar-refractivity contribution in [3.05, 3.63) is 56.9 Å². The van der Waals surface area contributed by atoms with Crippen molar-refractivity contribution in [2.24, 2.45) is 0 Å². The van der Waals surface area contributed by atoms with Gasteiger partial charge in [-0.3, -0.25) is 19.7 Å². The van der Waals surface area contributed by atoms with Crippen LogP contribution in [0, 0.1) is 10.1 Å². The van der Waals surface area contributed by atoms with Crippen LogP contribution in [0.3, 0.4) is 0 Å². The van der Waals surface area contributed by atoms with E-state index in [2.05, 4.69) is 15.5 Å². The van der Waals surface area contributed by atoms with E-state index in [4.69, 9.17) is 0 Å². The van der Waals surface area contributed by atoms with Crippen molar-refractivity contribution in [2.75, 3.05) is 5.32 Å². The standard InChI is InChI=1S/C13H12N4O4S/c1-8(13(19)14-11-6-7-12(18)16-15-11)22-10-4-2-9(3-5-10)17(20)21/h2-8H,1H3,(H,16,18)(H,14,15,19)/t8-/m1/s1. The second-order valence-corrected chi connectivity index (χ2v) is 5.72. The Morgan fingerprint density at radius 2 is 2.00 bits per heavy atom. The first kappa shape index (κ1) is 15.7. The lowest BCUT2D eigenvalue weighted by atomic mass is 10.3. The number of benzene rings is 1. The first-order valence-corrected chi connectivity index (χ1v) is 7.11. The minimum absolute atomic E-state index is 0.00102. The second kappa shape index (κ2) is 6.85. The summed E-state index contributed by atoms with van der Waals surface area (Å²) in [5.41, 5.74) is -0.356. The molecule has 0 unspecified atom stereocenters. The van der Waals surface area contributed by atoms with Crippen molar-refractivity contribution in [1.82, 2.24) is 10.2 Å². The molecule has 2 N–H and O–H groups in total. The number of aromatic amines is 1. The first-order valence-electron chi connectivity index (χ1n) is 6.23. The number of thioether (sulfide) groups is 1. The SMILES string of the molecule is C[C@@H](Sc1ccc([N+](=O)[O-])cc1)C(=O)Nc1ccc(=O)[nH]n1. The Morgan fingerprint density at radius 3 is 2.55 bits per heavy atom. The lowest BCUT2D eigenvalue weighted by Gasteiger charge is -2.11. The fraction of sp³-hybridized carbons (Fsp3) is 0.154. The van der Waals surface area contributed by atoms with Crippen LogP contribution in [-0.2, 0) is 4.79 Å².